The van der Waals surface area contributed by atoms with Gasteiger partial charge in [0.2, 0.25) is 10.0 Å². The Bertz CT molecular complexity index is 521. The largest absolute Gasteiger partial charge is 0.346 e. The van der Waals surface area contributed by atoms with Crippen LogP contribution in [0.4, 0.5) is 0 Å². The van der Waals surface area contributed by atoms with E-state index in [-0.39, 0.29) is 12.1 Å². The molecule has 6 heteroatoms. The Morgan fingerprint density at radius 2 is 1.95 bits per heavy atom. The van der Waals surface area contributed by atoms with E-state index in [0.29, 0.717) is 11.4 Å². The fourth-order valence-electron chi connectivity index (χ4n) is 2.27. The summed E-state index contributed by atoms with van der Waals surface area (Å²) in [6.07, 6.45) is 3.52. The minimum Gasteiger partial charge on any atom is -0.346 e. The first-order valence-corrected chi connectivity index (χ1v) is 8.67. The van der Waals surface area contributed by atoms with Crippen molar-refractivity contribution >= 4 is 10.0 Å². The lowest BCUT2D eigenvalue weighted by Gasteiger charge is -2.13. The van der Waals surface area contributed by atoms with Crippen LogP contribution in [0.1, 0.15) is 52.3 Å². The van der Waals surface area contributed by atoms with Gasteiger partial charge in [-0.2, -0.15) is 0 Å². The van der Waals surface area contributed by atoms with Gasteiger partial charge in [0.15, 0.2) is 0 Å². The molecular formula is C14H27N3O2S. The summed E-state index contributed by atoms with van der Waals surface area (Å²) in [7, 11) is -1.58. The smallest absolute Gasteiger partial charge is 0.242 e. The van der Waals surface area contributed by atoms with Gasteiger partial charge in [-0.25, -0.2) is 13.1 Å². The van der Waals surface area contributed by atoms with Gasteiger partial charge >= 0.3 is 0 Å². The Kier molecular flexibility index (Phi) is 6.23. The topological polar surface area (TPSA) is 63.1 Å². The molecule has 1 rings (SSSR count). The predicted molar refractivity (Wildman–Crippen MR) is 82.3 cm³/mol. The number of hydrogen-bond acceptors (Lipinski definition) is 3. The van der Waals surface area contributed by atoms with Crippen molar-refractivity contribution in [2.45, 2.75) is 64.1 Å². The maximum absolute atomic E-state index is 12.4. The molecule has 0 aromatic carbocycles. The van der Waals surface area contributed by atoms with Gasteiger partial charge in [0, 0.05) is 30.5 Å². The summed E-state index contributed by atoms with van der Waals surface area (Å²) in [6, 6.07) is 1.94. The Morgan fingerprint density at radius 1 is 1.30 bits per heavy atom. The Hall–Kier alpha value is -0.850. The van der Waals surface area contributed by atoms with Crippen LogP contribution in [0.2, 0.25) is 0 Å². The molecule has 1 atom stereocenters. The number of sulfonamides is 1. The van der Waals surface area contributed by atoms with E-state index >= 15 is 0 Å². The van der Waals surface area contributed by atoms with Crippen LogP contribution in [0.3, 0.4) is 0 Å². The monoisotopic (exact) mass is 301 g/mol. The molecule has 116 valence electrons. The summed E-state index contributed by atoms with van der Waals surface area (Å²) in [5.41, 5.74) is 0.978. The second kappa shape index (κ2) is 7.24. The number of aromatic nitrogens is 1. The van der Waals surface area contributed by atoms with E-state index in [0.717, 1.165) is 18.5 Å². The van der Waals surface area contributed by atoms with E-state index in [1.165, 1.54) is 0 Å². The highest BCUT2D eigenvalue weighted by atomic mass is 32.2. The standard InChI is InChI=1S/C14H27N3O2S/c1-6-7-12(4)16-20(18,19)14-8-13(9-15-5)17(10-14)11(2)3/h8,10-12,15-16H,6-7,9H2,1-5H3. The maximum Gasteiger partial charge on any atom is 0.242 e. The van der Waals surface area contributed by atoms with Crippen LogP contribution in [-0.2, 0) is 16.6 Å². The minimum atomic E-state index is -3.43. The first kappa shape index (κ1) is 17.2. The van der Waals surface area contributed by atoms with E-state index in [1.807, 2.05) is 39.3 Å². The van der Waals surface area contributed by atoms with Gasteiger partial charge in [0.25, 0.3) is 0 Å². The summed E-state index contributed by atoms with van der Waals surface area (Å²) < 4.78 is 29.5. The molecule has 0 amide bonds. The lowest BCUT2D eigenvalue weighted by Crippen LogP contribution is -2.32. The van der Waals surface area contributed by atoms with Crippen molar-refractivity contribution in [2.24, 2.45) is 0 Å². The van der Waals surface area contributed by atoms with Gasteiger partial charge in [0.1, 0.15) is 0 Å². The van der Waals surface area contributed by atoms with Crippen molar-refractivity contribution in [1.82, 2.24) is 14.6 Å². The third-order valence-corrected chi connectivity index (χ3v) is 4.77. The van der Waals surface area contributed by atoms with Crippen LogP contribution in [0.5, 0.6) is 0 Å². The van der Waals surface area contributed by atoms with Crippen LogP contribution in [0.25, 0.3) is 0 Å². The van der Waals surface area contributed by atoms with Crippen LogP contribution >= 0.6 is 0 Å². The molecule has 0 radical (unpaired) electrons. The molecule has 0 spiro atoms. The summed E-state index contributed by atoms with van der Waals surface area (Å²) in [6.45, 7) is 8.68. The fourth-order valence-corrected chi connectivity index (χ4v) is 3.60. The lowest BCUT2D eigenvalue weighted by atomic mass is 10.2. The van der Waals surface area contributed by atoms with Crippen molar-refractivity contribution in [3.8, 4) is 0 Å². The third kappa shape index (κ3) is 4.33. The Balaban J connectivity index is 3.03. The first-order chi connectivity index (χ1) is 9.31. The molecule has 0 aliphatic heterocycles. The van der Waals surface area contributed by atoms with E-state index < -0.39 is 10.0 Å². The molecule has 0 aliphatic carbocycles. The first-order valence-electron chi connectivity index (χ1n) is 7.19. The van der Waals surface area contributed by atoms with Crippen LogP contribution < -0.4 is 10.0 Å². The van der Waals surface area contributed by atoms with E-state index in [9.17, 15) is 8.42 Å². The van der Waals surface area contributed by atoms with Gasteiger partial charge in [-0.05, 0) is 40.3 Å². The summed E-state index contributed by atoms with van der Waals surface area (Å²) >= 11 is 0. The molecule has 2 N–H and O–H groups in total. The molecule has 0 saturated heterocycles. The van der Waals surface area contributed by atoms with Crippen LogP contribution in [0.15, 0.2) is 17.2 Å². The second-order valence-electron chi connectivity index (χ2n) is 5.51. The van der Waals surface area contributed by atoms with Gasteiger partial charge in [-0.3, -0.25) is 0 Å². The van der Waals surface area contributed by atoms with Crippen molar-refractivity contribution in [2.75, 3.05) is 7.05 Å². The van der Waals surface area contributed by atoms with Gasteiger partial charge in [-0.1, -0.05) is 13.3 Å². The fraction of sp³-hybridized carbons (Fsp3) is 0.714. The van der Waals surface area contributed by atoms with Crippen molar-refractivity contribution in [3.63, 3.8) is 0 Å². The number of nitrogens with one attached hydrogen (secondary N) is 2. The van der Waals surface area contributed by atoms with E-state index in [1.54, 1.807) is 12.3 Å². The summed E-state index contributed by atoms with van der Waals surface area (Å²) in [5, 5.41) is 3.07. The molecule has 1 unspecified atom stereocenters. The second-order valence-corrected chi connectivity index (χ2v) is 7.22. The SMILES string of the molecule is CCCC(C)NS(=O)(=O)c1cc(CNC)n(C(C)C)c1. The average molecular weight is 301 g/mol. The Morgan fingerprint density at radius 3 is 2.45 bits per heavy atom. The summed E-state index contributed by atoms with van der Waals surface area (Å²) in [4.78, 5) is 0.347. The highest BCUT2D eigenvalue weighted by Crippen LogP contribution is 2.19. The number of rotatable bonds is 8. The maximum atomic E-state index is 12.4. The van der Waals surface area contributed by atoms with Crippen LogP contribution in [-0.4, -0.2) is 26.1 Å². The molecule has 5 nitrogen and oxygen atoms in total. The minimum absolute atomic E-state index is 0.0415. The van der Waals surface area contributed by atoms with E-state index in [4.69, 9.17) is 0 Å². The zero-order valence-corrected chi connectivity index (χ0v) is 13.9. The Labute approximate surface area is 122 Å². The van der Waals surface area contributed by atoms with Crippen molar-refractivity contribution < 1.29 is 8.42 Å². The van der Waals surface area contributed by atoms with Gasteiger partial charge < -0.3 is 9.88 Å². The van der Waals surface area contributed by atoms with Crippen molar-refractivity contribution in [1.29, 1.82) is 0 Å². The molecule has 0 fully saturated rings. The molecule has 1 aromatic rings. The number of hydrogen-bond donors (Lipinski definition) is 2. The predicted octanol–water partition coefficient (Wildman–Crippen LogP) is 2.26. The molecule has 0 bridgehead atoms. The summed E-state index contributed by atoms with van der Waals surface area (Å²) in [5.74, 6) is 0. The molecule has 1 heterocycles. The third-order valence-electron chi connectivity index (χ3n) is 3.21. The zero-order chi connectivity index (χ0) is 15.3. The van der Waals surface area contributed by atoms with Gasteiger partial charge in [0.05, 0.1) is 4.90 Å². The molecular weight excluding hydrogens is 274 g/mol. The highest BCUT2D eigenvalue weighted by Gasteiger charge is 2.21. The van der Waals surface area contributed by atoms with Crippen molar-refractivity contribution in [3.05, 3.63) is 18.0 Å². The highest BCUT2D eigenvalue weighted by molar-refractivity contribution is 7.89. The molecule has 20 heavy (non-hydrogen) atoms. The lowest BCUT2D eigenvalue weighted by molar-refractivity contribution is 0.542. The van der Waals surface area contributed by atoms with Crippen LogP contribution in [0, 0.1) is 0 Å². The average Bonchev–Trinajstić information content (AvgIpc) is 2.74. The number of nitrogens with zero attached hydrogens (tertiary/aromatic N) is 1. The molecule has 1 aromatic heterocycles. The molecule has 0 saturated carbocycles. The van der Waals surface area contributed by atoms with E-state index in [2.05, 4.69) is 10.0 Å². The zero-order valence-electron chi connectivity index (χ0n) is 13.1. The quantitative estimate of drug-likeness (QED) is 0.774. The normalized spacial score (nSPS) is 13.9. The molecule has 0 aliphatic rings. The van der Waals surface area contributed by atoms with Gasteiger partial charge in [-0.15, -0.1) is 0 Å².